The maximum atomic E-state index is 13.6. The van der Waals surface area contributed by atoms with Crippen LogP contribution in [0.4, 0.5) is 5.69 Å². The van der Waals surface area contributed by atoms with E-state index in [4.69, 9.17) is 4.74 Å². The van der Waals surface area contributed by atoms with E-state index in [1.165, 1.54) is 21.3 Å². The Kier molecular flexibility index (Phi) is 7.07. The largest absolute Gasteiger partial charge is 0.370 e. The van der Waals surface area contributed by atoms with Crippen molar-refractivity contribution in [3.05, 3.63) is 114 Å². The lowest BCUT2D eigenvalue weighted by Crippen LogP contribution is -2.42. The number of carbonyl (C=O) groups excluding carboxylic acids is 1. The monoisotopic (exact) mass is 516 g/mol. The number of sulfonamides is 1. The van der Waals surface area contributed by atoms with E-state index in [1.807, 2.05) is 60.7 Å². The standard InChI is InChI=1S/C28H28N4O4S/c1-30-27(16-17-29-30)37(34,35)32(20-22-8-4-2-5-9-22)25-14-12-24(13-15-25)28(33)31-18-19-36-26(21-31)23-10-6-3-7-11-23/h2-17,26H,18-21H2,1H3. The molecule has 0 spiro atoms. The number of hydrogen-bond acceptors (Lipinski definition) is 5. The Bertz CT molecular complexity index is 1460. The van der Waals surface area contributed by atoms with Crippen molar-refractivity contribution in [2.75, 3.05) is 24.0 Å². The van der Waals surface area contributed by atoms with Crippen molar-refractivity contribution in [3.63, 3.8) is 0 Å². The molecule has 1 aliphatic heterocycles. The van der Waals surface area contributed by atoms with Crippen LogP contribution in [-0.2, 0) is 28.4 Å². The lowest BCUT2D eigenvalue weighted by molar-refractivity contribution is -0.0228. The summed E-state index contributed by atoms with van der Waals surface area (Å²) in [5, 5.41) is 4.12. The van der Waals surface area contributed by atoms with Crippen molar-refractivity contribution in [3.8, 4) is 0 Å². The Morgan fingerprint density at radius 3 is 2.30 bits per heavy atom. The van der Waals surface area contributed by atoms with Crippen LogP contribution in [0.15, 0.2) is 102 Å². The third kappa shape index (κ3) is 5.28. The van der Waals surface area contributed by atoms with Gasteiger partial charge in [0.2, 0.25) is 0 Å². The van der Waals surface area contributed by atoms with E-state index in [2.05, 4.69) is 5.10 Å². The third-order valence-corrected chi connectivity index (χ3v) is 8.28. The third-order valence-electron chi connectivity index (χ3n) is 6.43. The Labute approximate surface area is 216 Å². The number of aryl methyl sites for hydroxylation is 1. The van der Waals surface area contributed by atoms with Crippen molar-refractivity contribution in [1.82, 2.24) is 14.7 Å². The minimum Gasteiger partial charge on any atom is -0.370 e. The van der Waals surface area contributed by atoms with Crippen molar-refractivity contribution < 1.29 is 17.9 Å². The molecule has 1 fully saturated rings. The molecule has 0 N–H and O–H groups in total. The number of amides is 1. The lowest BCUT2D eigenvalue weighted by atomic mass is 10.1. The molecule has 0 aliphatic carbocycles. The number of anilines is 1. The van der Waals surface area contributed by atoms with Gasteiger partial charge >= 0.3 is 0 Å². The number of ether oxygens (including phenoxy) is 1. The highest BCUT2D eigenvalue weighted by atomic mass is 32.2. The predicted molar refractivity (Wildman–Crippen MR) is 140 cm³/mol. The second-order valence-electron chi connectivity index (χ2n) is 8.86. The number of aromatic nitrogens is 2. The van der Waals surface area contributed by atoms with Gasteiger partial charge in [0.05, 0.1) is 31.6 Å². The molecule has 2 heterocycles. The zero-order valence-electron chi connectivity index (χ0n) is 20.5. The van der Waals surface area contributed by atoms with Gasteiger partial charge in [-0.3, -0.25) is 13.8 Å². The molecular weight excluding hydrogens is 488 g/mol. The summed E-state index contributed by atoms with van der Waals surface area (Å²) in [6.45, 7) is 1.56. The molecule has 0 bridgehead atoms. The zero-order valence-corrected chi connectivity index (χ0v) is 21.3. The zero-order chi connectivity index (χ0) is 25.8. The molecule has 1 aliphatic rings. The summed E-state index contributed by atoms with van der Waals surface area (Å²) in [6.07, 6.45) is 1.28. The smallest absolute Gasteiger partial charge is 0.281 e. The summed E-state index contributed by atoms with van der Waals surface area (Å²) in [4.78, 5) is 15.1. The molecule has 0 saturated carbocycles. The highest BCUT2D eigenvalue weighted by Crippen LogP contribution is 2.27. The number of rotatable bonds is 7. The molecule has 4 aromatic rings. The molecule has 1 atom stereocenters. The molecule has 37 heavy (non-hydrogen) atoms. The van der Waals surface area contributed by atoms with Crippen molar-refractivity contribution in [2.24, 2.45) is 7.05 Å². The van der Waals surface area contributed by atoms with Gasteiger partial charge in [0.15, 0.2) is 5.03 Å². The van der Waals surface area contributed by atoms with E-state index in [1.54, 1.807) is 36.2 Å². The molecular formula is C28H28N4O4S. The average Bonchev–Trinajstić information content (AvgIpc) is 3.39. The molecule has 1 unspecified atom stereocenters. The van der Waals surface area contributed by atoms with Gasteiger partial charge in [0, 0.05) is 19.2 Å². The van der Waals surface area contributed by atoms with Crippen LogP contribution < -0.4 is 4.31 Å². The normalized spacial score (nSPS) is 15.9. The van der Waals surface area contributed by atoms with Crippen LogP contribution in [0.3, 0.4) is 0 Å². The Morgan fingerprint density at radius 1 is 0.973 bits per heavy atom. The van der Waals surface area contributed by atoms with Crippen LogP contribution in [0.25, 0.3) is 0 Å². The van der Waals surface area contributed by atoms with Crippen LogP contribution >= 0.6 is 0 Å². The van der Waals surface area contributed by atoms with Gasteiger partial charge in [-0.2, -0.15) is 13.5 Å². The molecule has 5 rings (SSSR count). The van der Waals surface area contributed by atoms with E-state index in [9.17, 15) is 13.2 Å². The van der Waals surface area contributed by atoms with Crippen molar-refractivity contribution in [1.29, 1.82) is 0 Å². The second kappa shape index (κ2) is 10.6. The minimum absolute atomic E-state index is 0.0869. The van der Waals surface area contributed by atoms with Gasteiger partial charge in [0.25, 0.3) is 15.9 Å². The van der Waals surface area contributed by atoms with E-state index in [0.29, 0.717) is 30.9 Å². The fraction of sp³-hybridized carbons (Fsp3) is 0.214. The molecule has 3 aromatic carbocycles. The fourth-order valence-electron chi connectivity index (χ4n) is 4.45. The predicted octanol–water partition coefficient (Wildman–Crippen LogP) is 4.03. The fourth-order valence-corrected chi connectivity index (χ4v) is 6.01. The lowest BCUT2D eigenvalue weighted by Gasteiger charge is -2.33. The first-order valence-corrected chi connectivity index (χ1v) is 13.5. The van der Waals surface area contributed by atoms with E-state index >= 15 is 0 Å². The van der Waals surface area contributed by atoms with E-state index in [0.717, 1.165) is 11.1 Å². The van der Waals surface area contributed by atoms with Gasteiger partial charge in [0.1, 0.15) is 6.10 Å². The highest BCUT2D eigenvalue weighted by Gasteiger charge is 2.29. The molecule has 190 valence electrons. The van der Waals surface area contributed by atoms with Gasteiger partial charge in [-0.25, -0.2) is 0 Å². The first kappa shape index (κ1) is 24.7. The summed E-state index contributed by atoms with van der Waals surface area (Å²) >= 11 is 0. The molecule has 9 heteroatoms. The Hall–Kier alpha value is -3.95. The molecule has 8 nitrogen and oxygen atoms in total. The summed E-state index contributed by atoms with van der Waals surface area (Å²) in [6, 6.07) is 27.5. The first-order chi connectivity index (χ1) is 17.9. The van der Waals surface area contributed by atoms with Gasteiger partial charge in [-0.1, -0.05) is 60.7 Å². The highest BCUT2D eigenvalue weighted by molar-refractivity contribution is 7.92. The van der Waals surface area contributed by atoms with Crippen molar-refractivity contribution >= 4 is 21.6 Å². The Balaban J connectivity index is 1.40. The second-order valence-corrected chi connectivity index (χ2v) is 10.7. The minimum atomic E-state index is -3.91. The molecule has 0 radical (unpaired) electrons. The molecule has 1 saturated heterocycles. The SMILES string of the molecule is Cn1nccc1S(=O)(=O)N(Cc1ccccc1)c1ccc(C(=O)N2CCOC(c3ccccc3)C2)cc1. The summed E-state index contributed by atoms with van der Waals surface area (Å²) in [5.74, 6) is -0.111. The van der Waals surface area contributed by atoms with Gasteiger partial charge in [-0.05, 0) is 41.5 Å². The quantitative estimate of drug-likeness (QED) is 0.370. The molecule has 1 aromatic heterocycles. The van der Waals surface area contributed by atoms with E-state index < -0.39 is 10.0 Å². The van der Waals surface area contributed by atoms with Gasteiger partial charge < -0.3 is 9.64 Å². The topological polar surface area (TPSA) is 84.7 Å². The number of benzene rings is 3. The Morgan fingerprint density at radius 2 is 1.65 bits per heavy atom. The van der Waals surface area contributed by atoms with Crippen LogP contribution in [0.1, 0.15) is 27.6 Å². The maximum Gasteiger partial charge on any atom is 0.281 e. The summed E-state index contributed by atoms with van der Waals surface area (Å²) in [5.41, 5.74) is 2.83. The van der Waals surface area contributed by atoms with Crippen LogP contribution in [0.2, 0.25) is 0 Å². The van der Waals surface area contributed by atoms with E-state index in [-0.39, 0.29) is 23.6 Å². The van der Waals surface area contributed by atoms with Crippen molar-refractivity contribution in [2.45, 2.75) is 17.7 Å². The number of carbonyl (C=O) groups is 1. The first-order valence-electron chi connectivity index (χ1n) is 12.0. The van der Waals surface area contributed by atoms with Crippen LogP contribution in [0.5, 0.6) is 0 Å². The van der Waals surface area contributed by atoms with Crippen LogP contribution in [-0.4, -0.2) is 48.7 Å². The maximum absolute atomic E-state index is 13.6. The summed E-state index contributed by atoms with van der Waals surface area (Å²) in [7, 11) is -2.31. The summed E-state index contributed by atoms with van der Waals surface area (Å²) < 4.78 is 35.8. The van der Waals surface area contributed by atoms with Crippen LogP contribution in [0, 0.1) is 0 Å². The molecule has 1 amide bonds. The number of morpholine rings is 1. The number of hydrogen-bond donors (Lipinski definition) is 0. The number of nitrogens with zero attached hydrogens (tertiary/aromatic N) is 4. The average molecular weight is 517 g/mol. The van der Waals surface area contributed by atoms with Gasteiger partial charge in [-0.15, -0.1) is 0 Å².